The highest BCUT2D eigenvalue weighted by atomic mass is 16.7. The van der Waals surface area contributed by atoms with Gasteiger partial charge in [0, 0.05) is 6.08 Å². The van der Waals surface area contributed by atoms with Crippen molar-refractivity contribution in [3.63, 3.8) is 0 Å². The number of allylic oxidation sites excluding steroid dienone is 1. The second-order valence-corrected chi connectivity index (χ2v) is 3.53. The molecule has 5 heteroatoms. The zero-order valence-electron chi connectivity index (χ0n) is 8.79. The molecule has 0 saturated heterocycles. The fourth-order valence-corrected chi connectivity index (χ4v) is 0.561. The molecule has 0 atom stereocenters. The topological polar surface area (TPSA) is 64.6 Å². The molecule has 1 amide bonds. The maximum absolute atomic E-state index is 10.9. The number of carbonyl (C=O) groups is 2. The molecule has 1 N–H and O–H groups in total. The van der Waals surface area contributed by atoms with Gasteiger partial charge in [-0.2, -0.15) is 0 Å². The third-order valence-corrected chi connectivity index (χ3v) is 0.937. The van der Waals surface area contributed by atoms with E-state index in [0.717, 1.165) is 0 Å². The molecule has 0 spiro atoms. The molecular weight excluding hydrogens is 186 g/mol. The van der Waals surface area contributed by atoms with Crippen LogP contribution in [0.15, 0.2) is 12.2 Å². The molecule has 0 aromatic carbocycles. The van der Waals surface area contributed by atoms with Gasteiger partial charge in [0.05, 0.1) is 0 Å². The van der Waals surface area contributed by atoms with Gasteiger partial charge in [-0.1, -0.05) is 6.08 Å². The minimum Gasteiger partial charge on any atom is -0.442 e. The van der Waals surface area contributed by atoms with Gasteiger partial charge in [0.1, 0.15) is 5.60 Å². The molecule has 5 nitrogen and oxygen atoms in total. The molecule has 0 fully saturated rings. The minimum absolute atomic E-state index is 0.614. The van der Waals surface area contributed by atoms with Crippen LogP contribution in [0.25, 0.3) is 0 Å². The Balaban J connectivity index is 3.81. The van der Waals surface area contributed by atoms with Crippen molar-refractivity contribution in [3.05, 3.63) is 12.2 Å². The first kappa shape index (κ1) is 12.5. The molecule has 0 aromatic rings. The third-order valence-electron chi connectivity index (χ3n) is 0.937. The Morgan fingerprint density at radius 1 is 1.29 bits per heavy atom. The van der Waals surface area contributed by atoms with Gasteiger partial charge in [0.25, 0.3) is 0 Å². The minimum atomic E-state index is -0.796. The van der Waals surface area contributed by atoms with Crippen LogP contribution in [0, 0.1) is 0 Å². The van der Waals surface area contributed by atoms with E-state index in [1.54, 1.807) is 27.7 Å². The van der Waals surface area contributed by atoms with E-state index in [-0.39, 0.29) is 0 Å². The second kappa shape index (κ2) is 5.26. The SMILES string of the molecule is CC=CC(=O)ONC(=O)OC(C)(C)C. The number of hydroxylamine groups is 1. The van der Waals surface area contributed by atoms with E-state index in [9.17, 15) is 9.59 Å². The van der Waals surface area contributed by atoms with E-state index < -0.39 is 17.7 Å². The number of carbonyl (C=O) groups excluding carboxylic acids is 2. The smallest absolute Gasteiger partial charge is 0.441 e. The van der Waals surface area contributed by atoms with Gasteiger partial charge < -0.3 is 9.57 Å². The fourth-order valence-electron chi connectivity index (χ4n) is 0.561. The molecule has 0 aliphatic rings. The lowest BCUT2D eigenvalue weighted by atomic mass is 10.2. The number of hydrogen-bond acceptors (Lipinski definition) is 4. The van der Waals surface area contributed by atoms with Crippen molar-refractivity contribution < 1.29 is 19.2 Å². The molecule has 80 valence electrons. The summed E-state index contributed by atoms with van der Waals surface area (Å²) in [5, 5.41) is 0. The van der Waals surface area contributed by atoms with E-state index in [0.29, 0.717) is 0 Å². The molecule has 0 aliphatic heterocycles. The van der Waals surface area contributed by atoms with Crippen LogP contribution >= 0.6 is 0 Å². The summed E-state index contributed by atoms with van der Waals surface area (Å²) in [6, 6.07) is 0. The molecule has 0 aliphatic carbocycles. The monoisotopic (exact) mass is 201 g/mol. The van der Waals surface area contributed by atoms with Crippen molar-refractivity contribution in [2.24, 2.45) is 0 Å². The fraction of sp³-hybridized carbons (Fsp3) is 0.556. The van der Waals surface area contributed by atoms with Crippen molar-refractivity contribution in [2.45, 2.75) is 33.3 Å². The average molecular weight is 201 g/mol. The highest BCUT2D eigenvalue weighted by Crippen LogP contribution is 2.06. The molecule has 0 unspecified atom stereocenters. The number of amides is 1. The molecule has 0 aromatic heterocycles. The number of rotatable bonds is 1. The van der Waals surface area contributed by atoms with E-state index >= 15 is 0 Å². The van der Waals surface area contributed by atoms with Crippen LogP contribution in [0.3, 0.4) is 0 Å². The van der Waals surface area contributed by atoms with Crippen LogP contribution in [-0.4, -0.2) is 17.7 Å². The summed E-state index contributed by atoms with van der Waals surface area (Å²) in [6.45, 7) is 6.79. The quantitative estimate of drug-likeness (QED) is 0.516. The highest BCUT2D eigenvalue weighted by Gasteiger charge is 2.16. The molecule has 0 heterocycles. The van der Waals surface area contributed by atoms with Crippen LogP contribution in [-0.2, 0) is 14.4 Å². The summed E-state index contributed by atoms with van der Waals surface area (Å²) in [7, 11) is 0. The molecule has 14 heavy (non-hydrogen) atoms. The Bertz CT molecular complexity index is 240. The Morgan fingerprint density at radius 3 is 2.29 bits per heavy atom. The maximum Gasteiger partial charge on any atom is 0.441 e. The largest absolute Gasteiger partial charge is 0.442 e. The summed E-state index contributed by atoms with van der Waals surface area (Å²) in [5.74, 6) is -0.654. The summed E-state index contributed by atoms with van der Waals surface area (Å²) in [4.78, 5) is 26.0. The van der Waals surface area contributed by atoms with E-state index in [1.807, 2.05) is 5.48 Å². The van der Waals surface area contributed by atoms with Crippen LogP contribution in [0.4, 0.5) is 4.79 Å². The summed E-state index contributed by atoms with van der Waals surface area (Å²) >= 11 is 0. The zero-order chi connectivity index (χ0) is 11.2. The van der Waals surface area contributed by atoms with E-state index in [1.165, 1.54) is 12.2 Å². The van der Waals surface area contributed by atoms with E-state index in [4.69, 9.17) is 4.74 Å². The van der Waals surface area contributed by atoms with Crippen molar-refractivity contribution >= 4 is 12.1 Å². The first-order valence-corrected chi connectivity index (χ1v) is 4.17. The van der Waals surface area contributed by atoms with Gasteiger partial charge in [0.15, 0.2) is 0 Å². The van der Waals surface area contributed by atoms with E-state index in [2.05, 4.69) is 4.84 Å². The zero-order valence-corrected chi connectivity index (χ0v) is 8.79. The Morgan fingerprint density at radius 2 is 1.86 bits per heavy atom. The average Bonchev–Trinajstić information content (AvgIpc) is 1.98. The van der Waals surface area contributed by atoms with Crippen molar-refractivity contribution in [1.29, 1.82) is 0 Å². The summed E-state index contributed by atoms with van der Waals surface area (Å²) in [5.41, 5.74) is 1.25. The normalized spacial score (nSPS) is 11.1. The standard InChI is InChI=1S/C9H15NO4/c1-5-6-7(11)14-10-8(12)13-9(2,3)4/h5-6H,1-4H3,(H,10,12). The molecule has 0 bridgehead atoms. The Kier molecular flexibility index (Phi) is 4.69. The van der Waals surface area contributed by atoms with Crippen LogP contribution in [0.1, 0.15) is 27.7 Å². The molecule has 0 radical (unpaired) electrons. The van der Waals surface area contributed by atoms with Gasteiger partial charge in [-0.05, 0) is 27.7 Å². The first-order valence-electron chi connectivity index (χ1n) is 4.17. The molecular formula is C9H15NO4. The summed E-state index contributed by atoms with van der Waals surface area (Å²) in [6.07, 6.45) is 1.88. The second-order valence-electron chi connectivity index (χ2n) is 3.53. The Labute approximate surface area is 83.0 Å². The highest BCUT2D eigenvalue weighted by molar-refractivity contribution is 5.82. The lowest BCUT2D eigenvalue weighted by Crippen LogP contribution is -2.33. The summed E-state index contributed by atoms with van der Waals surface area (Å²) < 4.78 is 4.81. The van der Waals surface area contributed by atoms with Gasteiger partial charge in [-0.3, -0.25) is 0 Å². The lowest BCUT2D eigenvalue weighted by molar-refractivity contribution is -0.144. The van der Waals surface area contributed by atoms with Crippen molar-refractivity contribution in [1.82, 2.24) is 5.48 Å². The van der Waals surface area contributed by atoms with Gasteiger partial charge >= 0.3 is 12.1 Å². The predicted octanol–water partition coefficient (Wildman–Crippen LogP) is 1.55. The van der Waals surface area contributed by atoms with Gasteiger partial charge in [0.2, 0.25) is 0 Å². The van der Waals surface area contributed by atoms with Gasteiger partial charge in [-0.25, -0.2) is 9.59 Å². The number of hydrogen-bond donors (Lipinski definition) is 1. The number of nitrogens with one attached hydrogen (secondary N) is 1. The first-order chi connectivity index (χ1) is 6.35. The van der Waals surface area contributed by atoms with Crippen LogP contribution in [0.5, 0.6) is 0 Å². The van der Waals surface area contributed by atoms with Crippen molar-refractivity contribution in [3.8, 4) is 0 Å². The van der Waals surface area contributed by atoms with Gasteiger partial charge in [-0.15, -0.1) is 5.48 Å². The maximum atomic E-state index is 10.9. The van der Waals surface area contributed by atoms with Crippen molar-refractivity contribution in [2.75, 3.05) is 0 Å². The predicted molar refractivity (Wildman–Crippen MR) is 50.3 cm³/mol. The third kappa shape index (κ3) is 7.15. The Hall–Kier alpha value is -1.52. The lowest BCUT2D eigenvalue weighted by Gasteiger charge is -2.18. The number of ether oxygens (including phenoxy) is 1. The molecule has 0 rings (SSSR count). The van der Waals surface area contributed by atoms with Crippen LogP contribution < -0.4 is 5.48 Å². The van der Waals surface area contributed by atoms with Crippen LogP contribution in [0.2, 0.25) is 0 Å². The molecule has 0 saturated carbocycles.